The van der Waals surface area contributed by atoms with E-state index in [4.69, 9.17) is 0 Å². The molecule has 0 saturated heterocycles. The van der Waals surface area contributed by atoms with Gasteiger partial charge in [0.2, 0.25) is 0 Å². The molecule has 0 radical (unpaired) electrons. The second kappa shape index (κ2) is 5.67. The van der Waals surface area contributed by atoms with Gasteiger partial charge in [-0.05, 0) is 36.8 Å². The number of benzene rings is 1. The van der Waals surface area contributed by atoms with Crippen LogP contribution in [0.3, 0.4) is 0 Å². The standard InChI is InChI=1S/C13H12BrNOS/c1-9(16)12-3-2-11(8-13(12)14)17-10-4-6-15-7-5-10/h2-9,16H,1H3/t9-/m1/s1. The van der Waals surface area contributed by atoms with Crippen LogP contribution >= 0.6 is 27.7 Å². The van der Waals surface area contributed by atoms with Crippen LogP contribution in [0.2, 0.25) is 0 Å². The molecule has 0 fully saturated rings. The van der Waals surface area contributed by atoms with Crippen molar-refractivity contribution in [3.8, 4) is 0 Å². The fraction of sp³-hybridized carbons (Fsp3) is 0.154. The van der Waals surface area contributed by atoms with E-state index in [-0.39, 0.29) is 0 Å². The third-order valence-electron chi connectivity index (χ3n) is 2.31. The van der Waals surface area contributed by atoms with E-state index in [0.717, 1.165) is 19.8 Å². The Labute approximate surface area is 113 Å². The van der Waals surface area contributed by atoms with Crippen LogP contribution in [0.1, 0.15) is 18.6 Å². The minimum absolute atomic E-state index is 0.454. The van der Waals surface area contributed by atoms with Gasteiger partial charge in [0.25, 0.3) is 0 Å². The van der Waals surface area contributed by atoms with Crippen molar-refractivity contribution in [1.82, 2.24) is 4.98 Å². The van der Waals surface area contributed by atoms with Gasteiger partial charge in [0.1, 0.15) is 0 Å². The summed E-state index contributed by atoms with van der Waals surface area (Å²) in [6.07, 6.45) is 3.10. The summed E-state index contributed by atoms with van der Waals surface area (Å²) < 4.78 is 0.937. The molecule has 0 aliphatic carbocycles. The van der Waals surface area contributed by atoms with Crippen molar-refractivity contribution < 1.29 is 5.11 Å². The third kappa shape index (κ3) is 3.31. The molecule has 0 aliphatic heterocycles. The van der Waals surface area contributed by atoms with Crippen molar-refractivity contribution in [2.45, 2.75) is 22.8 Å². The first-order valence-electron chi connectivity index (χ1n) is 5.22. The second-order valence-electron chi connectivity index (χ2n) is 3.64. The first-order chi connectivity index (χ1) is 8.16. The van der Waals surface area contributed by atoms with Gasteiger partial charge in [0.05, 0.1) is 6.10 Å². The third-order valence-corrected chi connectivity index (χ3v) is 3.99. The molecule has 0 unspecified atom stereocenters. The molecular formula is C13H12BrNOS. The molecule has 1 aromatic heterocycles. The average molecular weight is 310 g/mol. The minimum Gasteiger partial charge on any atom is -0.389 e. The van der Waals surface area contributed by atoms with Gasteiger partial charge in [-0.15, -0.1) is 0 Å². The lowest BCUT2D eigenvalue weighted by Gasteiger charge is -2.09. The molecule has 88 valence electrons. The fourth-order valence-electron chi connectivity index (χ4n) is 1.45. The number of rotatable bonds is 3. The van der Waals surface area contributed by atoms with E-state index in [1.807, 2.05) is 30.3 Å². The van der Waals surface area contributed by atoms with Crippen LogP contribution in [-0.2, 0) is 0 Å². The van der Waals surface area contributed by atoms with E-state index in [1.165, 1.54) is 0 Å². The van der Waals surface area contributed by atoms with Crippen molar-refractivity contribution >= 4 is 27.7 Å². The fourth-order valence-corrected chi connectivity index (χ4v) is 3.16. The second-order valence-corrected chi connectivity index (χ2v) is 5.65. The summed E-state index contributed by atoms with van der Waals surface area (Å²) in [5, 5.41) is 9.54. The zero-order valence-electron chi connectivity index (χ0n) is 9.30. The van der Waals surface area contributed by atoms with Crippen molar-refractivity contribution in [2.24, 2.45) is 0 Å². The van der Waals surface area contributed by atoms with Crippen molar-refractivity contribution in [1.29, 1.82) is 0 Å². The molecule has 1 aromatic carbocycles. The molecule has 0 spiro atoms. The molecule has 1 N–H and O–H groups in total. The van der Waals surface area contributed by atoms with Gasteiger partial charge in [-0.3, -0.25) is 4.98 Å². The van der Waals surface area contributed by atoms with Gasteiger partial charge < -0.3 is 5.11 Å². The normalized spacial score (nSPS) is 12.4. The first-order valence-corrected chi connectivity index (χ1v) is 6.83. The predicted molar refractivity (Wildman–Crippen MR) is 73.1 cm³/mol. The highest BCUT2D eigenvalue weighted by Crippen LogP contribution is 2.32. The van der Waals surface area contributed by atoms with Crippen LogP contribution in [0, 0.1) is 0 Å². The van der Waals surface area contributed by atoms with Gasteiger partial charge in [-0.1, -0.05) is 33.8 Å². The van der Waals surface area contributed by atoms with E-state index in [0.29, 0.717) is 0 Å². The van der Waals surface area contributed by atoms with Crippen molar-refractivity contribution in [3.63, 3.8) is 0 Å². The van der Waals surface area contributed by atoms with Crippen LogP contribution in [-0.4, -0.2) is 10.1 Å². The number of hydrogen-bond acceptors (Lipinski definition) is 3. The summed E-state index contributed by atoms with van der Waals surface area (Å²) in [5.74, 6) is 0. The number of aromatic nitrogens is 1. The summed E-state index contributed by atoms with van der Waals surface area (Å²) in [5.41, 5.74) is 0.907. The Balaban J connectivity index is 2.21. The van der Waals surface area contributed by atoms with Crippen LogP contribution in [0.25, 0.3) is 0 Å². The maximum atomic E-state index is 9.54. The SMILES string of the molecule is C[C@@H](O)c1ccc(Sc2ccncc2)cc1Br. The summed E-state index contributed by atoms with van der Waals surface area (Å²) in [6.45, 7) is 1.76. The Morgan fingerprint density at radius 2 is 1.88 bits per heavy atom. The summed E-state index contributed by atoms with van der Waals surface area (Å²) in [7, 11) is 0. The average Bonchev–Trinajstić information content (AvgIpc) is 2.30. The smallest absolute Gasteiger partial charge is 0.0772 e. The van der Waals surface area contributed by atoms with Gasteiger partial charge in [0.15, 0.2) is 0 Å². The molecule has 0 saturated carbocycles. The van der Waals surface area contributed by atoms with E-state index >= 15 is 0 Å². The lowest BCUT2D eigenvalue weighted by atomic mass is 10.1. The molecule has 1 atom stereocenters. The Morgan fingerprint density at radius 1 is 1.18 bits per heavy atom. The molecule has 1 heterocycles. The molecule has 2 rings (SSSR count). The number of pyridine rings is 1. The van der Waals surface area contributed by atoms with Crippen LogP contribution in [0.15, 0.2) is 57.0 Å². The number of nitrogens with zero attached hydrogens (tertiary/aromatic N) is 1. The summed E-state index contributed by atoms with van der Waals surface area (Å²) in [6, 6.07) is 9.92. The van der Waals surface area contributed by atoms with Gasteiger partial charge in [-0.2, -0.15) is 0 Å². The highest BCUT2D eigenvalue weighted by molar-refractivity contribution is 9.10. The zero-order chi connectivity index (χ0) is 12.3. The molecule has 4 heteroatoms. The molecule has 0 amide bonds. The molecule has 0 bridgehead atoms. The number of aliphatic hydroxyl groups is 1. The van der Waals surface area contributed by atoms with Crippen molar-refractivity contribution in [3.05, 3.63) is 52.8 Å². The Kier molecular flexibility index (Phi) is 4.20. The number of halogens is 1. The lowest BCUT2D eigenvalue weighted by molar-refractivity contribution is 0.198. The molecular weight excluding hydrogens is 298 g/mol. The lowest BCUT2D eigenvalue weighted by Crippen LogP contribution is -1.92. The van der Waals surface area contributed by atoms with Crippen LogP contribution in [0.4, 0.5) is 0 Å². The molecule has 2 nitrogen and oxygen atoms in total. The van der Waals surface area contributed by atoms with E-state index in [2.05, 4.69) is 20.9 Å². The number of hydrogen-bond donors (Lipinski definition) is 1. The van der Waals surface area contributed by atoms with Gasteiger partial charge >= 0.3 is 0 Å². The Morgan fingerprint density at radius 3 is 2.47 bits per heavy atom. The summed E-state index contributed by atoms with van der Waals surface area (Å²) in [4.78, 5) is 6.27. The highest BCUT2D eigenvalue weighted by atomic mass is 79.9. The molecule has 17 heavy (non-hydrogen) atoms. The highest BCUT2D eigenvalue weighted by Gasteiger charge is 2.07. The molecule has 2 aromatic rings. The quantitative estimate of drug-likeness (QED) is 0.928. The summed E-state index contributed by atoms with van der Waals surface area (Å²) >= 11 is 5.15. The Hall–Kier alpha value is -0.840. The maximum absolute atomic E-state index is 9.54. The van der Waals surface area contributed by atoms with E-state index in [1.54, 1.807) is 31.1 Å². The topological polar surface area (TPSA) is 33.1 Å². The monoisotopic (exact) mass is 309 g/mol. The van der Waals surface area contributed by atoms with Crippen molar-refractivity contribution in [2.75, 3.05) is 0 Å². The van der Waals surface area contributed by atoms with Crippen LogP contribution in [0.5, 0.6) is 0 Å². The first kappa shape index (κ1) is 12.6. The number of aliphatic hydroxyl groups excluding tert-OH is 1. The Bertz CT molecular complexity index is 502. The van der Waals surface area contributed by atoms with E-state index in [9.17, 15) is 5.11 Å². The van der Waals surface area contributed by atoms with Crippen LogP contribution < -0.4 is 0 Å². The maximum Gasteiger partial charge on any atom is 0.0772 e. The van der Waals surface area contributed by atoms with Gasteiger partial charge in [-0.25, -0.2) is 0 Å². The zero-order valence-corrected chi connectivity index (χ0v) is 11.7. The van der Waals surface area contributed by atoms with E-state index < -0.39 is 6.10 Å². The largest absolute Gasteiger partial charge is 0.389 e. The minimum atomic E-state index is -0.454. The molecule has 0 aliphatic rings. The van der Waals surface area contributed by atoms with Gasteiger partial charge in [0, 0.05) is 26.7 Å². The predicted octanol–water partition coefficient (Wildman–Crippen LogP) is 4.05.